The van der Waals surface area contributed by atoms with Crippen LogP contribution in [0.4, 0.5) is 34.1 Å². The van der Waals surface area contributed by atoms with Gasteiger partial charge in [0.1, 0.15) is 34.1 Å². The topological polar surface area (TPSA) is 0 Å². The van der Waals surface area contributed by atoms with Crippen LogP contribution in [-0.4, -0.2) is 130 Å². The molecule has 0 aliphatic carbocycles. The van der Waals surface area contributed by atoms with Gasteiger partial charge in [0.05, 0.1) is 121 Å². The minimum atomic E-state index is 1.03. The molecule has 75 heavy (non-hydrogen) atoms. The number of para-hydroxylation sites is 6. The maximum absolute atomic E-state index is 2.36. The summed E-state index contributed by atoms with van der Waals surface area (Å²) in [5.41, 5.74) is 8.66. The summed E-state index contributed by atoms with van der Waals surface area (Å²) in [7, 11) is 13.9. The van der Waals surface area contributed by atoms with E-state index in [1.807, 2.05) is 0 Å². The highest BCUT2D eigenvalue weighted by Gasteiger charge is 2.37. The molecule has 0 unspecified atom stereocenters. The molecule has 6 fully saturated rings. The van der Waals surface area contributed by atoms with E-state index in [9.17, 15) is 0 Å². The van der Waals surface area contributed by atoms with Crippen LogP contribution in [0.5, 0.6) is 0 Å². The monoisotopic (exact) mass is 1010 g/mol. The quantitative estimate of drug-likeness (QED) is 0.146. The van der Waals surface area contributed by atoms with Crippen LogP contribution in [0.3, 0.4) is 0 Å². The standard InChI is InChI=1S/C17H20N.C16H18N.C12H18N.C11H16N.C7H16N.C6H14N/c1-4-10-16(11-5-1)18(14-8-3-9-15-18)17-12-6-2-7-13-17;1-3-9-15(10-4-1)17(13-7-8-14-17)16-11-5-2-6-12-16;1-13(10-6-3-7-11-13)12-8-4-2-5-9-12;1-12(9-5-6-10-12)11-7-3-2-4-8-11;1-8(2)6-4-3-5-7-8;1-7(2)5-3-4-6-7/h1-2,4-7,10-13H,3,8-9,14-15H2;1-6,9-12H,7-8,13-14H2;2,4-5,8-9H,3,6-7,10-11H2,1H3;2-4,7-8H,5-6,9-10H2,1H3;3-7H2,1-2H3;3-6H2,1-2H3/q6*+1. The Morgan fingerprint density at radius 2 is 0.360 bits per heavy atom. The van der Waals surface area contributed by atoms with Crippen molar-refractivity contribution in [3.8, 4) is 0 Å². The van der Waals surface area contributed by atoms with Gasteiger partial charge < -0.3 is 8.97 Å². The van der Waals surface area contributed by atoms with Gasteiger partial charge in [-0.2, -0.15) is 0 Å². The predicted molar refractivity (Wildman–Crippen MR) is 329 cm³/mol. The van der Waals surface area contributed by atoms with Crippen LogP contribution in [0.2, 0.25) is 0 Å². The van der Waals surface area contributed by atoms with Crippen LogP contribution in [0.1, 0.15) is 96.3 Å². The lowest BCUT2D eigenvalue weighted by molar-refractivity contribution is -0.894. The zero-order chi connectivity index (χ0) is 52.8. The van der Waals surface area contributed by atoms with Crippen LogP contribution in [0.15, 0.2) is 182 Å². The molecule has 0 spiro atoms. The summed E-state index contributed by atoms with van der Waals surface area (Å²) in [5.74, 6) is 0. The Kier molecular flexibility index (Phi) is 21.9. The summed E-state index contributed by atoms with van der Waals surface area (Å²) >= 11 is 0. The van der Waals surface area contributed by atoms with E-state index in [1.165, 1.54) is 218 Å². The SMILES string of the molecule is C[N+]1(C)CCCC1.C[N+]1(C)CCCCC1.C[N+]1(c2ccccc2)CCCC1.C[N+]1(c2ccccc2)CCCCC1.c1ccc([N+]2(c3ccccc3)CCCC2)cc1.c1ccc([N+]2(c3ccccc3)CCCCC2)cc1. The van der Waals surface area contributed by atoms with Gasteiger partial charge in [-0.05, 0) is 131 Å². The molecule has 0 aromatic heterocycles. The first-order chi connectivity index (χ1) is 36.4. The lowest BCUT2D eigenvalue weighted by Crippen LogP contribution is -2.48. The smallest absolute Gasteiger partial charge is 0.137 e. The van der Waals surface area contributed by atoms with Gasteiger partial charge in [-0.15, -0.1) is 0 Å². The van der Waals surface area contributed by atoms with Crippen molar-refractivity contribution in [2.45, 2.75) is 96.3 Å². The fourth-order valence-electron chi connectivity index (χ4n) is 13.0. The minimum absolute atomic E-state index is 1.03. The Labute approximate surface area is 458 Å². The minimum Gasteiger partial charge on any atom is -0.328 e. The molecule has 6 nitrogen and oxygen atoms in total. The van der Waals surface area contributed by atoms with Gasteiger partial charge in [0.25, 0.3) is 0 Å². The summed E-state index contributed by atoms with van der Waals surface area (Å²) in [6.07, 6.45) is 20.8. The number of piperidine rings is 3. The molecule has 402 valence electrons. The summed E-state index contributed by atoms with van der Waals surface area (Å²) < 4.78 is 6.84. The number of nitrogens with zero attached hydrogens (tertiary/aromatic N) is 6. The second kappa shape index (κ2) is 28.5. The third-order valence-corrected chi connectivity index (χ3v) is 17.8. The van der Waals surface area contributed by atoms with E-state index in [0.717, 1.165) is 17.9 Å². The fraction of sp³-hybridized carbons (Fsp3) is 0.478. The van der Waals surface area contributed by atoms with Gasteiger partial charge in [0, 0.05) is 38.5 Å². The van der Waals surface area contributed by atoms with E-state index in [1.54, 1.807) is 0 Å². The first kappa shape index (κ1) is 57.8. The normalized spacial score (nSPS) is 21.2. The molecule has 0 radical (unpaired) electrons. The van der Waals surface area contributed by atoms with Crippen molar-refractivity contribution in [1.29, 1.82) is 0 Å². The third-order valence-electron chi connectivity index (χ3n) is 17.8. The lowest BCUT2D eigenvalue weighted by atomic mass is 10.0. The molecular weight excluding hydrogens is 913 g/mol. The van der Waals surface area contributed by atoms with Crippen molar-refractivity contribution in [2.75, 3.05) is 121 Å². The maximum Gasteiger partial charge on any atom is 0.137 e. The third kappa shape index (κ3) is 16.8. The number of hydrogen-bond donors (Lipinski definition) is 0. The van der Waals surface area contributed by atoms with Crippen molar-refractivity contribution >= 4 is 34.1 Å². The van der Waals surface area contributed by atoms with Crippen molar-refractivity contribution < 1.29 is 8.97 Å². The number of hydrogen-bond acceptors (Lipinski definition) is 0. The molecule has 0 bridgehead atoms. The highest BCUT2D eigenvalue weighted by molar-refractivity contribution is 5.60. The zero-order valence-electron chi connectivity index (χ0n) is 48.1. The molecule has 6 heterocycles. The molecule has 0 N–H and O–H groups in total. The number of likely N-dealkylation sites (tertiary alicyclic amines) is 4. The van der Waals surface area contributed by atoms with Crippen molar-refractivity contribution in [3.05, 3.63) is 182 Å². The molecule has 6 aromatic carbocycles. The van der Waals surface area contributed by atoms with E-state index < -0.39 is 0 Å². The average Bonchev–Trinajstić information content (AvgIpc) is 4.26. The van der Waals surface area contributed by atoms with E-state index >= 15 is 0 Å². The van der Waals surface area contributed by atoms with E-state index in [4.69, 9.17) is 0 Å². The summed E-state index contributed by atoms with van der Waals surface area (Å²) in [6, 6.07) is 65.5. The molecule has 6 aliphatic heterocycles. The van der Waals surface area contributed by atoms with E-state index in [0.29, 0.717) is 0 Å². The van der Waals surface area contributed by atoms with Crippen LogP contribution in [0, 0.1) is 0 Å². The number of rotatable bonds is 6. The van der Waals surface area contributed by atoms with Crippen LogP contribution in [-0.2, 0) is 0 Å². The van der Waals surface area contributed by atoms with Crippen LogP contribution in [0.25, 0.3) is 0 Å². The Hall–Kier alpha value is -4.92. The zero-order valence-corrected chi connectivity index (χ0v) is 48.1. The maximum atomic E-state index is 2.36. The van der Waals surface area contributed by atoms with E-state index in [-0.39, 0.29) is 0 Å². The first-order valence-corrected chi connectivity index (χ1v) is 29.8. The molecule has 0 amide bonds. The van der Waals surface area contributed by atoms with Crippen LogP contribution < -0.4 is 17.9 Å². The van der Waals surface area contributed by atoms with Crippen molar-refractivity contribution in [2.24, 2.45) is 0 Å². The first-order valence-electron chi connectivity index (χ1n) is 29.8. The Morgan fingerprint density at radius 1 is 0.187 bits per heavy atom. The second-order valence-corrected chi connectivity index (χ2v) is 24.6. The van der Waals surface area contributed by atoms with Gasteiger partial charge in [-0.1, -0.05) is 109 Å². The second-order valence-electron chi connectivity index (χ2n) is 24.6. The van der Waals surface area contributed by atoms with Gasteiger partial charge in [0.15, 0.2) is 0 Å². The lowest BCUT2D eigenvalue weighted by Gasteiger charge is -2.40. The Balaban J connectivity index is 0.000000135. The molecular formula is C69H102N6+6. The molecule has 0 atom stereocenters. The highest BCUT2D eigenvalue weighted by atomic mass is 15.4. The van der Waals surface area contributed by atoms with Gasteiger partial charge in [-0.3, -0.25) is 17.9 Å². The van der Waals surface area contributed by atoms with Gasteiger partial charge in [0.2, 0.25) is 0 Å². The molecule has 0 saturated carbocycles. The van der Waals surface area contributed by atoms with E-state index in [2.05, 4.69) is 224 Å². The van der Waals surface area contributed by atoms with Crippen LogP contribution >= 0.6 is 0 Å². The van der Waals surface area contributed by atoms with Crippen molar-refractivity contribution in [1.82, 2.24) is 17.9 Å². The molecule has 12 rings (SSSR count). The fourth-order valence-corrected chi connectivity index (χ4v) is 13.0. The highest BCUT2D eigenvalue weighted by Crippen LogP contribution is 2.40. The largest absolute Gasteiger partial charge is 0.328 e. The molecule has 6 heteroatoms. The molecule has 6 aromatic rings. The van der Waals surface area contributed by atoms with Gasteiger partial charge >= 0.3 is 0 Å². The summed E-state index contributed by atoms with van der Waals surface area (Å²) in [4.78, 5) is 0. The molecule has 6 saturated heterocycles. The van der Waals surface area contributed by atoms with Crippen molar-refractivity contribution in [3.63, 3.8) is 0 Å². The summed E-state index contributed by atoms with van der Waals surface area (Å²) in [6.45, 7) is 15.7. The predicted octanol–water partition coefficient (Wildman–Crippen LogP) is 16.0. The Morgan fingerprint density at radius 3 is 0.587 bits per heavy atom. The number of quaternary nitrogens is 6. The number of benzene rings is 6. The summed E-state index contributed by atoms with van der Waals surface area (Å²) in [5, 5.41) is 0. The Bertz CT molecular complexity index is 2340. The average molecular weight is 1020 g/mol. The molecule has 6 aliphatic rings. The van der Waals surface area contributed by atoms with Gasteiger partial charge in [-0.25, -0.2) is 0 Å².